The number of allylic oxidation sites excluding steroid dienone is 1. The molecule has 3 N–H and O–H groups in total. The third-order valence-corrected chi connectivity index (χ3v) is 4.94. The van der Waals surface area contributed by atoms with Gasteiger partial charge in [-0.05, 0) is 17.2 Å². The van der Waals surface area contributed by atoms with Crippen molar-refractivity contribution in [1.29, 1.82) is 5.26 Å². The van der Waals surface area contributed by atoms with E-state index in [1.165, 1.54) is 0 Å². The summed E-state index contributed by atoms with van der Waals surface area (Å²) in [4.78, 5) is 0. The Morgan fingerprint density at radius 2 is 1.84 bits per heavy atom. The number of hydrogen-bond donors (Lipinski definition) is 2. The van der Waals surface area contributed by atoms with Gasteiger partial charge in [0.25, 0.3) is 0 Å². The number of fused-ring (bicyclic) bond motifs is 1. The molecule has 0 bridgehead atoms. The molecule has 2 aromatic carbocycles. The average Bonchev–Trinajstić information content (AvgIpc) is 3.05. The van der Waals surface area contributed by atoms with Crippen LogP contribution < -0.4 is 10.5 Å². The first kappa shape index (κ1) is 15.5. The number of H-pyrrole nitrogens is 1. The number of nitrogens with two attached hydrogens (primary N) is 1. The largest absolute Gasteiger partial charge is 0.420 e. The van der Waals surface area contributed by atoms with E-state index in [2.05, 4.69) is 32.2 Å². The maximum absolute atomic E-state index is 9.69. The summed E-state index contributed by atoms with van der Waals surface area (Å²) in [5, 5.41) is 17.0. The van der Waals surface area contributed by atoms with Gasteiger partial charge < -0.3 is 10.5 Å². The Labute approximate surface area is 152 Å². The van der Waals surface area contributed by atoms with Gasteiger partial charge in [0, 0.05) is 4.47 Å². The van der Waals surface area contributed by atoms with E-state index in [0.29, 0.717) is 11.5 Å². The normalized spacial score (nSPS) is 16.1. The summed E-state index contributed by atoms with van der Waals surface area (Å²) < 4.78 is 6.50. The SMILES string of the molecule is N#CC1=C(N)Oc2n[nH]c(-c3ccccc3)c2C1c1ccccc1Br. The van der Waals surface area contributed by atoms with Gasteiger partial charge in [0.1, 0.15) is 11.6 Å². The molecule has 1 aromatic heterocycles. The van der Waals surface area contributed by atoms with Crippen LogP contribution in [0.1, 0.15) is 17.0 Å². The lowest BCUT2D eigenvalue weighted by molar-refractivity contribution is 0.379. The summed E-state index contributed by atoms with van der Waals surface area (Å²) in [6, 6.07) is 19.8. The van der Waals surface area contributed by atoms with Gasteiger partial charge in [-0.1, -0.05) is 64.5 Å². The number of ether oxygens (including phenoxy) is 1. The molecule has 122 valence electrons. The second-order valence-electron chi connectivity index (χ2n) is 5.63. The number of hydrogen-bond acceptors (Lipinski definition) is 4. The van der Waals surface area contributed by atoms with Gasteiger partial charge in [0.15, 0.2) is 0 Å². The highest BCUT2D eigenvalue weighted by Gasteiger charge is 2.36. The Morgan fingerprint density at radius 1 is 1.12 bits per heavy atom. The number of aromatic amines is 1. The minimum atomic E-state index is -0.363. The Hall–Kier alpha value is -3.04. The van der Waals surface area contributed by atoms with E-state index in [1.807, 2.05) is 54.6 Å². The van der Waals surface area contributed by atoms with Gasteiger partial charge in [-0.2, -0.15) is 5.26 Å². The van der Waals surface area contributed by atoms with Gasteiger partial charge in [0.2, 0.25) is 11.8 Å². The van der Waals surface area contributed by atoms with E-state index in [4.69, 9.17) is 10.5 Å². The summed E-state index contributed by atoms with van der Waals surface area (Å²) >= 11 is 3.59. The number of rotatable bonds is 2. The first-order chi connectivity index (χ1) is 12.2. The molecule has 4 rings (SSSR count). The first-order valence-electron chi connectivity index (χ1n) is 7.66. The van der Waals surface area contributed by atoms with Crippen molar-refractivity contribution in [3.63, 3.8) is 0 Å². The van der Waals surface area contributed by atoms with Crippen molar-refractivity contribution in [1.82, 2.24) is 10.2 Å². The first-order valence-corrected chi connectivity index (χ1v) is 8.45. The van der Waals surface area contributed by atoms with E-state index in [1.54, 1.807) is 0 Å². The zero-order valence-electron chi connectivity index (χ0n) is 13.0. The van der Waals surface area contributed by atoms with Crippen LogP contribution in [0.4, 0.5) is 0 Å². The molecule has 0 spiro atoms. The maximum atomic E-state index is 9.69. The van der Waals surface area contributed by atoms with Gasteiger partial charge in [-0.15, -0.1) is 5.10 Å². The maximum Gasteiger partial charge on any atom is 0.244 e. The van der Waals surface area contributed by atoms with Gasteiger partial charge >= 0.3 is 0 Å². The highest BCUT2D eigenvalue weighted by atomic mass is 79.9. The van der Waals surface area contributed by atoms with Crippen molar-refractivity contribution in [3.05, 3.63) is 81.7 Å². The molecule has 1 atom stereocenters. The molecule has 0 radical (unpaired) electrons. The van der Waals surface area contributed by atoms with Crippen LogP contribution in [0.5, 0.6) is 5.88 Å². The Bertz CT molecular complexity index is 1020. The van der Waals surface area contributed by atoms with E-state index in [9.17, 15) is 5.26 Å². The lowest BCUT2D eigenvalue weighted by Crippen LogP contribution is -2.21. The molecular weight excluding hydrogens is 380 g/mol. The Kier molecular flexibility index (Phi) is 3.79. The summed E-state index contributed by atoms with van der Waals surface area (Å²) in [6.45, 7) is 0. The van der Waals surface area contributed by atoms with Crippen molar-refractivity contribution in [2.75, 3.05) is 0 Å². The number of nitriles is 1. The second kappa shape index (κ2) is 6.11. The minimum absolute atomic E-state index is 0.0851. The molecule has 5 nitrogen and oxygen atoms in total. The third kappa shape index (κ3) is 2.49. The average molecular weight is 393 g/mol. The number of nitrogens with zero attached hydrogens (tertiary/aromatic N) is 2. The van der Waals surface area contributed by atoms with Gasteiger partial charge in [0.05, 0.1) is 17.2 Å². The fourth-order valence-electron chi connectivity index (χ4n) is 3.09. The van der Waals surface area contributed by atoms with E-state index >= 15 is 0 Å². The third-order valence-electron chi connectivity index (χ3n) is 4.22. The van der Waals surface area contributed by atoms with Crippen LogP contribution >= 0.6 is 15.9 Å². The van der Waals surface area contributed by atoms with Crippen molar-refractivity contribution in [3.8, 4) is 23.2 Å². The predicted octanol–water partition coefficient (Wildman–Crippen LogP) is 4.06. The summed E-state index contributed by atoms with van der Waals surface area (Å²) in [5.41, 5.74) is 9.90. The molecule has 1 aliphatic heterocycles. The highest BCUT2D eigenvalue weighted by Crippen LogP contribution is 2.47. The van der Waals surface area contributed by atoms with Crippen LogP contribution in [-0.2, 0) is 0 Å². The number of halogens is 1. The fourth-order valence-corrected chi connectivity index (χ4v) is 3.60. The highest BCUT2D eigenvalue weighted by molar-refractivity contribution is 9.10. The molecule has 0 saturated carbocycles. The lowest BCUT2D eigenvalue weighted by Gasteiger charge is -2.24. The Balaban J connectivity index is 1.99. The van der Waals surface area contributed by atoms with Crippen LogP contribution in [-0.4, -0.2) is 10.2 Å². The molecule has 2 heterocycles. The second-order valence-corrected chi connectivity index (χ2v) is 6.48. The van der Waals surface area contributed by atoms with Crippen LogP contribution in [0.15, 0.2) is 70.5 Å². The lowest BCUT2D eigenvalue weighted by atomic mass is 9.83. The summed E-state index contributed by atoms with van der Waals surface area (Å²) in [7, 11) is 0. The molecule has 0 saturated heterocycles. The summed E-state index contributed by atoms with van der Waals surface area (Å²) in [5.74, 6) is 0.122. The van der Waals surface area contributed by atoms with Crippen LogP contribution in [0, 0.1) is 11.3 Å². The van der Waals surface area contributed by atoms with E-state index in [0.717, 1.165) is 26.9 Å². The predicted molar refractivity (Wildman–Crippen MR) is 97.5 cm³/mol. The van der Waals surface area contributed by atoms with Crippen molar-refractivity contribution < 1.29 is 4.74 Å². The van der Waals surface area contributed by atoms with Crippen molar-refractivity contribution in [2.24, 2.45) is 5.73 Å². The van der Waals surface area contributed by atoms with Crippen LogP contribution in [0.25, 0.3) is 11.3 Å². The number of benzene rings is 2. The number of aromatic nitrogens is 2. The summed E-state index contributed by atoms with van der Waals surface area (Å²) in [6.07, 6.45) is 0. The fraction of sp³-hybridized carbons (Fsp3) is 0.0526. The molecular formula is C19H13BrN4O. The van der Waals surface area contributed by atoms with Crippen molar-refractivity contribution in [2.45, 2.75) is 5.92 Å². The standard InChI is InChI=1S/C19H13BrN4O/c20-14-9-5-4-8-12(14)15-13(10-21)18(22)25-19-16(15)17(23-24-19)11-6-2-1-3-7-11/h1-9,15H,22H2,(H,23,24). The van der Waals surface area contributed by atoms with Gasteiger partial charge in [-0.3, -0.25) is 5.10 Å². The number of nitrogens with one attached hydrogen (secondary N) is 1. The molecule has 0 amide bonds. The molecule has 0 aliphatic carbocycles. The Morgan fingerprint density at radius 3 is 2.56 bits per heavy atom. The topological polar surface area (TPSA) is 87.7 Å². The molecule has 3 aromatic rings. The molecule has 1 aliphatic rings. The molecule has 6 heteroatoms. The van der Waals surface area contributed by atoms with Crippen molar-refractivity contribution >= 4 is 15.9 Å². The zero-order chi connectivity index (χ0) is 17.4. The smallest absolute Gasteiger partial charge is 0.244 e. The van der Waals surface area contributed by atoms with E-state index < -0.39 is 0 Å². The minimum Gasteiger partial charge on any atom is -0.420 e. The zero-order valence-corrected chi connectivity index (χ0v) is 14.6. The quantitative estimate of drug-likeness (QED) is 0.688. The van der Waals surface area contributed by atoms with Crippen LogP contribution in [0.2, 0.25) is 0 Å². The molecule has 0 fully saturated rings. The van der Waals surface area contributed by atoms with Crippen LogP contribution in [0.3, 0.4) is 0 Å². The van der Waals surface area contributed by atoms with E-state index in [-0.39, 0.29) is 11.8 Å². The molecule has 1 unspecified atom stereocenters. The van der Waals surface area contributed by atoms with Gasteiger partial charge in [-0.25, -0.2) is 0 Å². The monoisotopic (exact) mass is 392 g/mol. The molecule has 25 heavy (non-hydrogen) atoms.